The van der Waals surface area contributed by atoms with Crippen molar-refractivity contribution < 1.29 is 17.2 Å². The van der Waals surface area contributed by atoms with Gasteiger partial charge in [-0.1, -0.05) is 0 Å². The molecule has 5 nitrogen and oxygen atoms in total. The number of hydrogen-bond acceptors (Lipinski definition) is 3. The molecule has 1 atom stereocenters. The number of aromatic amines is 1. The van der Waals surface area contributed by atoms with E-state index in [1.54, 1.807) is 13.1 Å². The molecule has 19 heavy (non-hydrogen) atoms. The van der Waals surface area contributed by atoms with Gasteiger partial charge in [0.2, 0.25) is 10.0 Å². The lowest BCUT2D eigenvalue weighted by Gasteiger charge is -2.12. The molecule has 1 unspecified atom stereocenters. The number of H-pyrrole nitrogens is 1. The van der Waals surface area contributed by atoms with Gasteiger partial charge < -0.3 is 4.98 Å². The van der Waals surface area contributed by atoms with E-state index in [1.807, 2.05) is 0 Å². The van der Waals surface area contributed by atoms with Gasteiger partial charge in [-0.05, 0) is 25.1 Å². The molecular weight excluding hydrogens is 276 g/mol. The van der Waals surface area contributed by atoms with Crippen LogP contribution in [0.3, 0.4) is 0 Å². The van der Waals surface area contributed by atoms with E-state index in [0.29, 0.717) is 11.9 Å². The molecule has 0 aliphatic heterocycles. The maximum absolute atomic E-state index is 13.0. The number of hydrogen-bond donors (Lipinski definition) is 2. The molecular formula is C11H11F2N3O2S. The maximum Gasteiger partial charge on any atom is 0.241 e. The van der Waals surface area contributed by atoms with E-state index >= 15 is 0 Å². The summed E-state index contributed by atoms with van der Waals surface area (Å²) < 4.78 is 52.0. The first kappa shape index (κ1) is 13.6. The summed E-state index contributed by atoms with van der Waals surface area (Å²) in [5, 5.41) is 0. The molecule has 2 aromatic rings. The zero-order valence-corrected chi connectivity index (χ0v) is 10.7. The average molecular weight is 287 g/mol. The molecule has 1 aromatic heterocycles. The van der Waals surface area contributed by atoms with Crippen molar-refractivity contribution in [2.75, 3.05) is 0 Å². The summed E-state index contributed by atoms with van der Waals surface area (Å²) in [6, 6.07) is 1.77. The summed E-state index contributed by atoms with van der Waals surface area (Å²) in [6.45, 7) is 1.58. The molecule has 1 aromatic carbocycles. The van der Waals surface area contributed by atoms with E-state index in [2.05, 4.69) is 14.7 Å². The molecule has 8 heteroatoms. The Labute approximate surface area is 108 Å². The first-order valence-corrected chi connectivity index (χ1v) is 6.85. The fourth-order valence-electron chi connectivity index (χ4n) is 1.51. The zero-order valence-electron chi connectivity index (χ0n) is 9.89. The molecule has 0 amide bonds. The number of nitrogens with one attached hydrogen (secondary N) is 2. The van der Waals surface area contributed by atoms with E-state index in [4.69, 9.17) is 0 Å². The smallest absolute Gasteiger partial charge is 0.241 e. The van der Waals surface area contributed by atoms with Gasteiger partial charge in [-0.15, -0.1) is 0 Å². The Balaban J connectivity index is 2.25. The molecule has 0 fully saturated rings. The molecule has 0 aliphatic rings. The summed E-state index contributed by atoms with van der Waals surface area (Å²) >= 11 is 0. The number of benzene rings is 1. The highest BCUT2D eigenvalue weighted by Crippen LogP contribution is 2.16. The largest absolute Gasteiger partial charge is 0.347 e. The van der Waals surface area contributed by atoms with E-state index in [0.717, 1.165) is 12.1 Å². The van der Waals surface area contributed by atoms with Crippen molar-refractivity contribution in [1.29, 1.82) is 0 Å². The molecule has 0 aliphatic carbocycles. The lowest BCUT2D eigenvalue weighted by Crippen LogP contribution is -2.27. The van der Waals surface area contributed by atoms with Crippen LogP contribution in [0.5, 0.6) is 0 Å². The minimum Gasteiger partial charge on any atom is -0.347 e. The van der Waals surface area contributed by atoms with Crippen molar-refractivity contribution in [3.63, 3.8) is 0 Å². The third kappa shape index (κ3) is 2.96. The fraction of sp³-hybridized carbons (Fsp3) is 0.182. The Kier molecular flexibility index (Phi) is 3.63. The van der Waals surface area contributed by atoms with Gasteiger partial charge in [-0.2, -0.15) is 0 Å². The first-order chi connectivity index (χ1) is 8.90. The van der Waals surface area contributed by atoms with Crippen molar-refractivity contribution in [2.45, 2.75) is 17.9 Å². The van der Waals surface area contributed by atoms with Crippen molar-refractivity contribution in [3.05, 3.63) is 48.1 Å². The van der Waals surface area contributed by atoms with Crippen LogP contribution < -0.4 is 4.72 Å². The van der Waals surface area contributed by atoms with Crippen molar-refractivity contribution in [2.24, 2.45) is 0 Å². The standard InChI is InChI=1S/C11H11F2N3O2S/c1-7(11-14-4-5-15-11)16-19(17,18)8-2-3-9(12)10(13)6-8/h2-7,16H,1H3,(H,14,15). The van der Waals surface area contributed by atoms with Crippen molar-refractivity contribution in [1.82, 2.24) is 14.7 Å². The van der Waals surface area contributed by atoms with Crippen LogP contribution in [0.4, 0.5) is 8.78 Å². The minimum atomic E-state index is -3.94. The minimum absolute atomic E-state index is 0.343. The van der Waals surface area contributed by atoms with Crippen LogP contribution in [-0.2, 0) is 10.0 Å². The van der Waals surface area contributed by atoms with Crippen LogP contribution in [-0.4, -0.2) is 18.4 Å². The van der Waals surface area contributed by atoms with Crippen molar-refractivity contribution >= 4 is 10.0 Å². The third-order valence-electron chi connectivity index (χ3n) is 2.46. The van der Waals surface area contributed by atoms with Gasteiger partial charge >= 0.3 is 0 Å². The summed E-state index contributed by atoms with van der Waals surface area (Å²) in [5.74, 6) is -1.89. The Morgan fingerprint density at radius 3 is 2.63 bits per heavy atom. The van der Waals surface area contributed by atoms with Crippen LogP contribution in [0, 0.1) is 11.6 Å². The molecule has 2 N–H and O–H groups in total. The second kappa shape index (κ2) is 5.06. The van der Waals surface area contributed by atoms with Crippen LogP contribution in [0.2, 0.25) is 0 Å². The molecule has 102 valence electrons. The molecule has 0 bridgehead atoms. The molecule has 0 radical (unpaired) electrons. The van der Waals surface area contributed by atoms with Gasteiger partial charge in [0, 0.05) is 12.4 Å². The zero-order chi connectivity index (χ0) is 14.0. The average Bonchev–Trinajstić information content (AvgIpc) is 2.85. The molecule has 0 saturated carbocycles. The first-order valence-electron chi connectivity index (χ1n) is 5.37. The highest BCUT2D eigenvalue weighted by atomic mass is 32.2. The Morgan fingerprint density at radius 2 is 2.05 bits per heavy atom. The van der Waals surface area contributed by atoms with Gasteiger partial charge in [0.25, 0.3) is 0 Å². The predicted molar refractivity (Wildman–Crippen MR) is 63.7 cm³/mol. The molecule has 0 spiro atoms. The Bertz CT molecular complexity index is 671. The van der Waals surface area contributed by atoms with Crippen molar-refractivity contribution in [3.8, 4) is 0 Å². The lowest BCUT2D eigenvalue weighted by atomic mass is 10.3. The number of rotatable bonds is 4. The van der Waals surface area contributed by atoms with Gasteiger partial charge in [0.15, 0.2) is 11.6 Å². The van der Waals surface area contributed by atoms with Gasteiger partial charge in [0.1, 0.15) is 5.82 Å². The number of nitrogens with zero attached hydrogens (tertiary/aromatic N) is 1. The number of sulfonamides is 1. The number of aromatic nitrogens is 2. The highest BCUT2D eigenvalue weighted by Gasteiger charge is 2.20. The van der Waals surface area contributed by atoms with E-state index in [9.17, 15) is 17.2 Å². The van der Waals surface area contributed by atoms with E-state index in [-0.39, 0.29) is 4.90 Å². The number of halogens is 2. The monoisotopic (exact) mass is 287 g/mol. The second-order valence-corrected chi connectivity index (χ2v) is 5.61. The van der Waals surface area contributed by atoms with Crippen LogP contribution in [0.25, 0.3) is 0 Å². The van der Waals surface area contributed by atoms with Gasteiger partial charge in [-0.25, -0.2) is 26.9 Å². The maximum atomic E-state index is 13.0. The third-order valence-corrected chi connectivity index (χ3v) is 4.00. The van der Waals surface area contributed by atoms with Crippen LogP contribution >= 0.6 is 0 Å². The molecule has 1 heterocycles. The predicted octanol–water partition coefficient (Wildman–Crippen LogP) is 1.73. The number of imidazole rings is 1. The molecule has 0 saturated heterocycles. The summed E-state index contributed by atoms with van der Waals surface area (Å²) in [7, 11) is -3.94. The van der Waals surface area contributed by atoms with E-state index in [1.165, 1.54) is 6.20 Å². The Hall–Kier alpha value is -1.80. The normalized spacial score (nSPS) is 13.4. The molecule has 2 rings (SSSR count). The van der Waals surface area contributed by atoms with Gasteiger partial charge in [-0.3, -0.25) is 0 Å². The van der Waals surface area contributed by atoms with Crippen LogP contribution in [0.1, 0.15) is 18.8 Å². The fourth-order valence-corrected chi connectivity index (χ4v) is 2.73. The summed E-state index contributed by atoms with van der Waals surface area (Å²) in [4.78, 5) is 6.33. The van der Waals surface area contributed by atoms with E-state index < -0.39 is 27.7 Å². The second-order valence-electron chi connectivity index (χ2n) is 3.89. The highest BCUT2D eigenvalue weighted by molar-refractivity contribution is 7.89. The topological polar surface area (TPSA) is 74.8 Å². The summed E-state index contributed by atoms with van der Waals surface area (Å²) in [6.07, 6.45) is 3.04. The van der Waals surface area contributed by atoms with Gasteiger partial charge in [0.05, 0.1) is 10.9 Å². The lowest BCUT2D eigenvalue weighted by molar-refractivity contribution is 0.503. The summed E-state index contributed by atoms with van der Waals surface area (Å²) in [5.41, 5.74) is 0. The Morgan fingerprint density at radius 1 is 1.32 bits per heavy atom. The quantitative estimate of drug-likeness (QED) is 0.899. The SMILES string of the molecule is CC(NS(=O)(=O)c1ccc(F)c(F)c1)c1ncc[nH]1. The van der Waals surface area contributed by atoms with Crippen LogP contribution in [0.15, 0.2) is 35.5 Å².